The predicted octanol–water partition coefficient (Wildman–Crippen LogP) is 0.890. The molecule has 7 nitrogen and oxygen atoms in total. The van der Waals surface area contributed by atoms with Gasteiger partial charge in [-0.05, 0) is 36.2 Å². The summed E-state index contributed by atoms with van der Waals surface area (Å²) in [7, 11) is 3.42. The minimum absolute atomic E-state index is 0.209. The van der Waals surface area contributed by atoms with Gasteiger partial charge in [0.15, 0.2) is 0 Å². The molecule has 0 radical (unpaired) electrons. The normalized spacial score (nSPS) is 11.6. The van der Waals surface area contributed by atoms with E-state index in [1.165, 1.54) is 0 Å². The largest absolute Gasteiger partial charge is 0.497 e. The minimum atomic E-state index is -0.715. The molecule has 1 atom stereocenters. The molecule has 2 rings (SSSR count). The molecule has 0 saturated heterocycles. The molecule has 0 aliphatic rings. The number of benzene rings is 1. The van der Waals surface area contributed by atoms with Crippen molar-refractivity contribution in [3.05, 3.63) is 53.9 Å². The monoisotopic (exact) mass is 345 g/mol. The van der Waals surface area contributed by atoms with Crippen molar-refractivity contribution in [3.63, 3.8) is 0 Å². The van der Waals surface area contributed by atoms with Gasteiger partial charge in [-0.2, -0.15) is 0 Å². The number of methoxy groups -OCH3 is 1. The molecule has 0 spiro atoms. The molecule has 3 N–H and O–H groups in total. The lowest BCUT2D eigenvalue weighted by Gasteiger charge is -2.12. The number of hydrogen-bond donors (Lipinski definition) is 3. The Morgan fingerprint density at radius 3 is 2.44 bits per heavy atom. The average molecular weight is 345 g/mol. The second-order valence-electron chi connectivity index (χ2n) is 5.64. The van der Waals surface area contributed by atoms with Crippen LogP contribution < -0.4 is 15.4 Å². The zero-order chi connectivity index (χ0) is 18.2. The first kappa shape index (κ1) is 18.5. The van der Waals surface area contributed by atoms with Gasteiger partial charge in [0.2, 0.25) is 0 Å². The van der Waals surface area contributed by atoms with Gasteiger partial charge >= 0.3 is 11.8 Å². The van der Waals surface area contributed by atoms with Crippen LogP contribution in [0.15, 0.2) is 42.6 Å². The van der Waals surface area contributed by atoms with Crippen LogP contribution in [0.2, 0.25) is 0 Å². The van der Waals surface area contributed by atoms with Crippen molar-refractivity contribution in [1.82, 2.24) is 15.2 Å². The maximum absolute atomic E-state index is 11.8. The second kappa shape index (κ2) is 8.89. The molecule has 1 heterocycles. The number of amides is 2. The maximum atomic E-state index is 11.8. The highest BCUT2D eigenvalue weighted by molar-refractivity contribution is 6.35. The van der Waals surface area contributed by atoms with E-state index in [9.17, 15) is 14.7 Å². The number of ether oxygens (including phenoxy) is 1. The van der Waals surface area contributed by atoms with Crippen LogP contribution >= 0.6 is 0 Å². The van der Waals surface area contributed by atoms with Crippen molar-refractivity contribution in [2.75, 3.05) is 13.7 Å². The van der Waals surface area contributed by atoms with Crippen LogP contribution in [0, 0.1) is 0 Å². The summed E-state index contributed by atoms with van der Waals surface area (Å²) in [6, 6.07) is 10.8. The Bertz CT molecular complexity index is 709. The first-order valence-electron chi connectivity index (χ1n) is 7.99. The van der Waals surface area contributed by atoms with E-state index in [-0.39, 0.29) is 13.1 Å². The van der Waals surface area contributed by atoms with Gasteiger partial charge < -0.3 is 25.0 Å². The molecule has 1 aromatic carbocycles. The summed E-state index contributed by atoms with van der Waals surface area (Å²) < 4.78 is 6.87. The van der Waals surface area contributed by atoms with Crippen LogP contribution in [0.5, 0.6) is 5.75 Å². The summed E-state index contributed by atoms with van der Waals surface area (Å²) in [4.78, 5) is 23.6. The smallest absolute Gasteiger partial charge is 0.309 e. The quantitative estimate of drug-likeness (QED) is 0.650. The van der Waals surface area contributed by atoms with E-state index in [0.717, 1.165) is 17.0 Å². The Balaban J connectivity index is 1.71. The Labute approximate surface area is 146 Å². The van der Waals surface area contributed by atoms with E-state index in [1.807, 2.05) is 42.1 Å². The fraction of sp³-hybridized carbons (Fsp3) is 0.333. The molecule has 0 aliphatic carbocycles. The number of carbonyl (C=O) groups is 2. The summed E-state index contributed by atoms with van der Waals surface area (Å²) in [5.41, 5.74) is 1.62. The lowest BCUT2D eigenvalue weighted by molar-refractivity contribution is -0.139. The molecule has 2 aromatic rings. The van der Waals surface area contributed by atoms with Crippen LogP contribution in [0.4, 0.5) is 0 Å². The third-order valence-electron chi connectivity index (χ3n) is 3.85. The van der Waals surface area contributed by atoms with E-state index in [2.05, 4.69) is 10.6 Å². The molecule has 0 aliphatic heterocycles. The molecule has 25 heavy (non-hydrogen) atoms. The fourth-order valence-corrected chi connectivity index (χ4v) is 2.38. The molecule has 1 unspecified atom stereocenters. The minimum Gasteiger partial charge on any atom is -0.497 e. The standard InChI is InChI=1S/C18H23N3O4/c1-21-11-3-4-15(21)16(22)9-10-19-17(23)18(24)20-12-13-5-7-14(25-2)8-6-13/h3-8,11,16,22H,9-10,12H2,1-2H3,(H,19,23)(H,20,24). The van der Waals surface area contributed by atoms with Gasteiger partial charge in [-0.1, -0.05) is 12.1 Å². The number of aliphatic hydroxyl groups excluding tert-OH is 1. The molecule has 134 valence electrons. The third kappa shape index (κ3) is 5.36. The highest BCUT2D eigenvalue weighted by atomic mass is 16.5. The average Bonchev–Trinajstić information content (AvgIpc) is 3.05. The molecule has 0 fully saturated rings. The summed E-state index contributed by atoms with van der Waals surface area (Å²) >= 11 is 0. The van der Waals surface area contributed by atoms with Crippen molar-refractivity contribution >= 4 is 11.8 Å². The summed E-state index contributed by atoms with van der Waals surface area (Å²) in [6.07, 6.45) is 1.47. The fourth-order valence-electron chi connectivity index (χ4n) is 2.38. The molecule has 7 heteroatoms. The van der Waals surface area contributed by atoms with E-state index < -0.39 is 17.9 Å². The van der Waals surface area contributed by atoms with Crippen LogP contribution in [0.25, 0.3) is 0 Å². The van der Waals surface area contributed by atoms with Crippen LogP contribution in [0.1, 0.15) is 23.8 Å². The van der Waals surface area contributed by atoms with Gasteiger partial charge in [0.05, 0.1) is 13.2 Å². The van der Waals surface area contributed by atoms with Crippen molar-refractivity contribution in [2.24, 2.45) is 7.05 Å². The van der Waals surface area contributed by atoms with Gasteiger partial charge in [-0.3, -0.25) is 9.59 Å². The van der Waals surface area contributed by atoms with Crippen molar-refractivity contribution < 1.29 is 19.4 Å². The van der Waals surface area contributed by atoms with Crippen LogP contribution in [-0.4, -0.2) is 35.1 Å². The van der Waals surface area contributed by atoms with Gasteiger partial charge in [0.1, 0.15) is 5.75 Å². The molecule has 0 saturated carbocycles. The predicted molar refractivity (Wildman–Crippen MR) is 92.8 cm³/mol. The second-order valence-corrected chi connectivity index (χ2v) is 5.64. The Kier molecular flexibility index (Phi) is 6.59. The molecule has 2 amide bonds. The molecule has 0 bridgehead atoms. The Morgan fingerprint density at radius 2 is 1.84 bits per heavy atom. The first-order chi connectivity index (χ1) is 12.0. The Hall–Kier alpha value is -2.80. The van der Waals surface area contributed by atoms with Crippen molar-refractivity contribution in [1.29, 1.82) is 0 Å². The van der Waals surface area contributed by atoms with E-state index in [4.69, 9.17) is 4.74 Å². The SMILES string of the molecule is COc1ccc(CNC(=O)C(=O)NCCC(O)c2cccn2C)cc1. The van der Waals surface area contributed by atoms with Crippen molar-refractivity contribution in [2.45, 2.75) is 19.1 Å². The molecular formula is C18H23N3O4. The zero-order valence-corrected chi connectivity index (χ0v) is 14.4. The number of aliphatic hydroxyl groups is 1. The summed E-state index contributed by atoms with van der Waals surface area (Å²) in [5, 5.41) is 15.1. The highest BCUT2D eigenvalue weighted by Crippen LogP contribution is 2.15. The lowest BCUT2D eigenvalue weighted by Crippen LogP contribution is -2.40. The number of nitrogens with zero attached hydrogens (tertiary/aromatic N) is 1. The van der Waals surface area contributed by atoms with Gasteiger partial charge in [0.25, 0.3) is 0 Å². The topological polar surface area (TPSA) is 92.6 Å². The summed E-state index contributed by atoms with van der Waals surface area (Å²) in [6.45, 7) is 0.462. The number of hydrogen-bond acceptors (Lipinski definition) is 4. The number of rotatable bonds is 7. The lowest BCUT2D eigenvalue weighted by atomic mass is 10.2. The number of carbonyl (C=O) groups excluding carboxylic acids is 2. The van der Waals surface area contributed by atoms with Crippen LogP contribution in [0.3, 0.4) is 0 Å². The molecule has 1 aromatic heterocycles. The molecular weight excluding hydrogens is 322 g/mol. The first-order valence-corrected chi connectivity index (χ1v) is 7.99. The van der Waals surface area contributed by atoms with E-state index in [0.29, 0.717) is 6.42 Å². The highest BCUT2D eigenvalue weighted by Gasteiger charge is 2.15. The van der Waals surface area contributed by atoms with Gasteiger partial charge in [-0.25, -0.2) is 0 Å². The van der Waals surface area contributed by atoms with Gasteiger partial charge in [-0.15, -0.1) is 0 Å². The van der Waals surface area contributed by atoms with Crippen LogP contribution in [-0.2, 0) is 23.2 Å². The van der Waals surface area contributed by atoms with Crippen molar-refractivity contribution in [3.8, 4) is 5.75 Å². The maximum Gasteiger partial charge on any atom is 0.309 e. The number of aryl methyl sites for hydroxylation is 1. The van der Waals surface area contributed by atoms with E-state index in [1.54, 1.807) is 19.2 Å². The summed E-state index contributed by atoms with van der Waals surface area (Å²) in [5.74, 6) is -0.693. The van der Waals surface area contributed by atoms with E-state index >= 15 is 0 Å². The van der Waals surface area contributed by atoms with Gasteiger partial charge in [0, 0.05) is 32.0 Å². The number of nitrogens with one attached hydrogen (secondary N) is 2. The zero-order valence-electron chi connectivity index (χ0n) is 14.4. The number of aromatic nitrogens is 1. The third-order valence-corrected chi connectivity index (χ3v) is 3.85. The Morgan fingerprint density at radius 1 is 1.16 bits per heavy atom.